The standard InChI is InChI=1S/C23H24F2N4OS/c1-28-8-9-29(13-14(28)7-10-30-2)22-21-15-5-3-4-6-20(15)31-23(21)27-19-12-17(25)16(24)11-18(19)26-22/h3-6,11-12,14,27H,7-10,13H2,1-2H3/t14-/m0/s1. The first-order valence-electron chi connectivity index (χ1n) is 10.4. The lowest BCUT2D eigenvalue weighted by Crippen LogP contribution is -2.53. The van der Waals surface area contributed by atoms with Crippen LogP contribution in [0.2, 0.25) is 0 Å². The van der Waals surface area contributed by atoms with Crippen LogP contribution >= 0.6 is 11.3 Å². The van der Waals surface area contributed by atoms with Gasteiger partial charge in [-0.1, -0.05) is 18.2 Å². The van der Waals surface area contributed by atoms with Crippen molar-refractivity contribution in [3.63, 3.8) is 0 Å². The summed E-state index contributed by atoms with van der Waals surface area (Å²) in [6.07, 6.45) is 0.919. The molecule has 3 aromatic rings. The second kappa shape index (κ2) is 8.18. The van der Waals surface area contributed by atoms with Gasteiger partial charge in [0.1, 0.15) is 10.8 Å². The summed E-state index contributed by atoms with van der Waals surface area (Å²) in [5, 5.41) is 5.32. The molecule has 0 saturated carbocycles. The molecule has 0 aliphatic carbocycles. The van der Waals surface area contributed by atoms with Gasteiger partial charge < -0.3 is 15.0 Å². The highest BCUT2D eigenvalue weighted by Gasteiger charge is 2.31. The van der Waals surface area contributed by atoms with Crippen LogP contribution in [0.1, 0.15) is 12.0 Å². The van der Waals surface area contributed by atoms with Crippen LogP contribution in [0.3, 0.4) is 0 Å². The van der Waals surface area contributed by atoms with Crippen molar-refractivity contribution in [1.82, 2.24) is 9.80 Å². The lowest BCUT2D eigenvalue weighted by molar-refractivity contribution is 0.100. The van der Waals surface area contributed by atoms with Crippen LogP contribution in [0.15, 0.2) is 41.4 Å². The Hall–Kier alpha value is -2.55. The van der Waals surface area contributed by atoms with Crippen molar-refractivity contribution < 1.29 is 13.5 Å². The number of nitrogens with zero attached hydrogens (tertiary/aromatic N) is 3. The molecule has 0 unspecified atom stereocenters. The summed E-state index contributed by atoms with van der Waals surface area (Å²) < 4.78 is 34.5. The average Bonchev–Trinajstić information content (AvgIpc) is 3.05. The molecule has 1 fully saturated rings. The lowest BCUT2D eigenvalue weighted by Gasteiger charge is -2.41. The first kappa shape index (κ1) is 20.4. The van der Waals surface area contributed by atoms with Gasteiger partial charge in [0.2, 0.25) is 0 Å². The van der Waals surface area contributed by atoms with E-state index in [-0.39, 0.29) is 0 Å². The number of hydrogen-bond acceptors (Lipinski definition) is 6. The summed E-state index contributed by atoms with van der Waals surface area (Å²) in [7, 11) is 3.85. The summed E-state index contributed by atoms with van der Waals surface area (Å²) in [6, 6.07) is 10.9. The van der Waals surface area contributed by atoms with E-state index in [4.69, 9.17) is 9.73 Å². The Morgan fingerprint density at radius 1 is 1.19 bits per heavy atom. The van der Waals surface area contributed by atoms with E-state index in [9.17, 15) is 8.78 Å². The molecule has 5 nitrogen and oxygen atoms in total. The Morgan fingerprint density at radius 3 is 2.84 bits per heavy atom. The minimum atomic E-state index is -0.893. The van der Waals surface area contributed by atoms with Crippen molar-refractivity contribution in [2.24, 2.45) is 4.99 Å². The van der Waals surface area contributed by atoms with Gasteiger partial charge in [-0.2, -0.15) is 0 Å². The zero-order valence-electron chi connectivity index (χ0n) is 17.5. The van der Waals surface area contributed by atoms with Crippen LogP contribution < -0.4 is 5.32 Å². The monoisotopic (exact) mass is 442 g/mol. The predicted octanol–water partition coefficient (Wildman–Crippen LogP) is 4.97. The van der Waals surface area contributed by atoms with Gasteiger partial charge in [-0.25, -0.2) is 13.8 Å². The molecule has 0 amide bonds. The molecule has 1 saturated heterocycles. The van der Waals surface area contributed by atoms with Crippen LogP contribution in [0.25, 0.3) is 10.1 Å². The molecule has 5 rings (SSSR count). The molecule has 0 bridgehead atoms. The normalized spacial score (nSPS) is 18.9. The molecular weight excluding hydrogens is 418 g/mol. The molecule has 8 heteroatoms. The average molecular weight is 443 g/mol. The third-order valence-corrected chi connectivity index (χ3v) is 7.15. The van der Waals surface area contributed by atoms with Gasteiger partial charge in [-0.15, -0.1) is 11.3 Å². The van der Waals surface area contributed by atoms with Crippen molar-refractivity contribution >= 4 is 43.6 Å². The van der Waals surface area contributed by atoms with E-state index >= 15 is 0 Å². The van der Waals surface area contributed by atoms with Crippen molar-refractivity contribution in [2.75, 3.05) is 45.7 Å². The zero-order valence-corrected chi connectivity index (χ0v) is 18.3. The van der Waals surface area contributed by atoms with Crippen molar-refractivity contribution in [1.29, 1.82) is 0 Å². The van der Waals surface area contributed by atoms with E-state index < -0.39 is 11.6 Å². The molecule has 1 aromatic heterocycles. The molecule has 162 valence electrons. The number of ether oxygens (including phenoxy) is 1. The van der Waals surface area contributed by atoms with Crippen molar-refractivity contribution in [3.05, 3.63) is 53.6 Å². The highest BCUT2D eigenvalue weighted by Crippen LogP contribution is 2.44. The Labute approximate surface area is 183 Å². The quantitative estimate of drug-likeness (QED) is 0.622. The van der Waals surface area contributed by atoms with Gasteiger partial charge in [0.15, 0.2) is 11.6 Å². The van der Waals surface area contributed by atoms with Crippen molar-refractivity contribution in [2.45, 2.75) is 12.5 Å². The first-order chi connectivity index (χ1) is 15.0. The topological polar surface area (TPSA) is 40.1 Å². The maximum atomic E-state index is 14.1. The number of likely N-dealkylation sites (N-methyl/N-ethyl adjacent to an activating group) is 1. The van der Waals surface area contributed by atoms with Crippen LogP contribution in [0.4, 0.5) is 25.2 Å². The van der Waals surface area contributed by atoms with E-state index in [2.05, 4.69) is 34.3 Å². The van der Waals surface area contributed by atoms with Crippen LogP contribution in [-0.4, -0.2) is 62.1 Å². The summed E-state index contributed by atoms with van der Waals surface area (Å²) >= 11 is 1.60. The van der Waals surface area contributed by atoms with Gasteiger partial charge in [-0.05, 0) is 19.5 Å². The van der Waals surface area contributed by atoms with Crippen LogP contribution in [0, 0.1) is 11.6 Å². The van der Waals surface area contributed by atoms with Gasteiger partial charge in [-0.3, -0.25) is 4.90 Å². The molecule has 2 aromatic carbocycles. The predicted molar refractivity (Wildman–Crippen MR) is 122 cm³/mol. The summed E-state index contributed by atoms with van der Waals surface area (Å²) in [5.74, 6) is -0.970. The van der Waals surface area contributed by atoms with Crippen LogP contribution in [-0.2, 0) is 4.74 Å². The number of anilines is 2. The Balaban J connectivity index is 1.64. The molecule has 2 aliphatic rings. The molecule has 1 N–H and O–H groups in total. The Kier molecular flexibility index (Phi) is 5.37. The second-order valence-corrected chi connectivity index (χ2v) is 9.06. The van der Waals surface area contributed by atoms with Crippen molar-refractivity contribution in [3.8, 4) is 0 Å². The third-order valence-electron chi connectivity index (χ3n) is 6.06. The number of hydrogen-bond donors (Lipinski definition) is 1. The van der Waals surface area contributed by atoms with E-state index in [1.807, 2.05) is 12.1 Å². The number of amidine groups is 1. The van der Waals surface area contributed by atoms with E-state index in [0.717, 1.165) is 52.5 Å². The number of aliphatic imine (C=N–C) groups is 1. The zero-order chi connectivity index (χ0) is 21.5. The number of methoxy groups -OCH3 is 1. The van der Waals surface area contributed by atoms with Gasteiger partial charge in [0.25, 0.3) is 0 Å². The fourth-order valence-electron chi connectivity index (χ4n) is 4.31. The summed E-state index contributed by atoms with van der Waals surface area (Å²) in [5.41, 5.74) is 1.88. The van der Waals surface area contributed by atoms with Gasteiger partial charge in [0.05, 0.1) is 16.9 Å². The number of halogens is 2. The van der Waals surface area contributed by atoms with Crippen LogP contribution in [0.5, 0.6) is 0 Å². The fourth-order valence-corrected chi connectivity index (χ4v) is 5.42. The molecule has 1 atom stereocenters. The number of piperazine rings is 1. The number of benzene rings is 2. The summed E-state index contributed by atoms with van der Waals surface area (Å²) in [6.45, 7) is 3.18. The number of nitrogens with one attached hydrogen (secondary N) is 1. The Morgan fingerprint density at radius 2 is 2.00 bits per heavy atom. The SMILES string of the molecule is COCC[C@H]1CN(C2=Nc3cc(F)c(F)cc3Nc3sc4ccccc4c32)CCN1C. The smallest absolute Gasteiger partial charge is 0.161 e. The highest BCUT2D eigenvalue weighted by molar-refractivity contribution is 7.23. The minimum Gasteiger partial charge on any atom is -0.385 e. The molecular formula is C23H24F2N4OS. The number of thiophene rings is 1. The molecule has 2 aliphatic heterocycles. The fraction of sp³-hybridized carbons (Fsp3) is 0.348. The number of rotatable bonds is 3. The maximum absolute atomic E-state index is 14.1. The molecule has 31 heavy (non-hydrogen) atoms. The van der Waals surface area contributed by atoms with E-state index in [1.54, 1.807) is 18.4 Å². The largest absolute Gasteiger partial charge is 0.385 e. The van der Waals surface area contributed by atoms with E-state index in [0.29, 0.717) is 24.0 Å². The maximum Gasteiger partial charge on any atom is 0.161 e. The van der Waals surface area contributed by atoms with Gasteiger partial charge in [0, 0.05) is 61.6 Å². The van der Waals surface area contributed by atoms with E-state index in [1.165, 1.54) is 12.1 Å². The molecule has 0 radical (unpaired) electrons. The molecule has 0 spiro atoms. The third kappa shape index (κ3) is 3.69. The highest BCUT2D eigenvalue weighted by atomic mass is 32.1. The summed E-state index contributed by atoms with van der Waals surface area (Å²) in [4.78, 5) is 9.52. The minimum absolute atomic E-state index is 0.324. The Bertz CT molecular complexity index is 1160. The second-order valence-electron chi connectivity index (χ2n) is 8.01. The molecule has 3 heterocycles. The first-order valence-corrected chi connectivity index (χ1v) is 11.2. The number of fused-ring (bicyclic) bond motifs is 4. The lowest BCUT2D eigenvalue weighted by atomic mass is 10.1. The van der Waals surface area contributed by atoms with Gasteiger partial charge >= 0.3 is 0 Å².